The Morgan fingerprint density at radius 2 is 2.08 bits per heavy atom. The van der Waals surface area contributed by atoms with E-state index in [1.165, 1.54) is 0 Å². The molecule has 0 N–H and O–H groups in total. The Hall–Kier alpha value is -1.88. The van der Waals surface area contributed by atoms with Crippen LogP contribution in [0.2, 0.25) is 0 Å². The number of amides is 1. The summed E-state index contributed by atoms with van der Waals surface area (Å²) in [5, 5.41) is 2.17. The number of carbonyl (C=O) groups is 1. The van der Waals surface area contributed by atoms with E-state index in [1.54, 1.807) is 7.11 Å². The van der Waals surface area contributed by atoms with Gasteiger partial charge in [-0.1, -0.05) is 24.3 Å². The topological polar surface area (TPSA) is 46.6 Å². The van der Waals surface area contributed by atoms with E-state index in [9.17, 15) is 9.00 Å². The van der Waals surface area contributed by atoms with Crippen molar-refractivity contribution in [3.05, 3.63) is 42.0 Å². The molecule has 128 valence electrons. The van der Waals surface area contributed by atoms with Gasteiger partial charge in [0.05, 0.1) is 18.8 Å². The Bertz CT molecular complexity index is 789. The molecule has 0 spiro atoms. The molecule has 0 radical (unpaired) electrons. The summed E-state index contributed by atoms with van der Waals surface area (Å²) in [6.45, 7) is 4.53. The van der Waals surface area contributed by atoms with Gasteiger partial charge in [-0.3, -0.25) is 9.00 Å². The Kier molecular flexibility index (Phi) is 4.90. The van der Waals surface area contributed by atoms with Gasteiger partial charge in [0.25, 0.3) is 0 Å². The normalized spacial score (nSPS) is 24.1. The second-order valence-corrected chi connectivity index (χ2v) is 8.21. The summed E-state index contributed by atoms with van der Waals surface area (Å²) >= 11 is 0. The zero-order valence-electron chi connectivity index (χ0n) is 14.3. The predicted octanol–water partition coefficient (Wildman–Crippen LogP) is 2.76. The van der Waals surface area contributed by atoms with Crippen molar-refractivity contribution in [3.8, 4) is 5.75 Å². The quantitative estimate of drug-likeness (QED) is 0.859. The molecule has 0 bridgehead atoms. The van der Waals surface area contributed by atoms with Crippen molar-refractivity contribution in [2.24, 2.45) is 0 Å². The highest BCUT2D eigenvalue weighted by Crippen LogP contribution is 2.25. The molecule has 0 aromatic heterocycles. The van der Waals surface area contributed by atoms with Crippen molar-refractivity contribution in [2.75, 3.05) is 19.4 Å². The smallest absolute Gasteiger partial charge is 0.227 e. The lowest BCUT2D eigenvalue weighted by Gasteiger charge is -2.37. The molecular weight excluding hydrogens is 322 g/mol. The maximum absolute atomic E-state index is 12.8. The molecular formula is C19H23NO3S. The molecule has 3 atom stereocenters. The number of hydrogen-bond donors (Lipinski definition) is 0. The molecule has 2 aromatic rings. The number of rotatable bonds is 3. The fourth-order valence-electron chi connectivity index (χ4n) is 3.26. The average Bonchev–Trinajstić information content (AvgIpc) is 2.59. The van der Waals surface area contributed by atoms with Crippen LogP contribution in [0, 0.1) is 0 Å². The van der Waals surface area contributed by atoms with Gasteiger partial charge in [0.15, 0.2) is 0 Å². The fraction of sp³-hybridized carbons (Fsp3) is 0.421. The lowest BCUT2D eigenvalue weighted by Crippen LogP contribution is -2.52. The number of benzene rings is 2. The Balaban J connectivity index is 1.87. The van der Waals surface area contributed by atoms with E-state index < -0.39 is 10.8 Å². The summed E-state index contributed by atoms with van der Waals surface area (Å²) in [5.41, 5.74) is 1.00. The van der Waals surface area contributed by atoms with Gasteiger partial charge in [-0.05, 0) is 42.3 Å². The van der Waals surface area contributed by atoms with Crippen molar-refractivity contribution in [2.45, 2.75) is 31.6 Å². The monoisotopic (exact) mass is 345 g/mol. The molecule has 0 aliphatic carbocycles. The van der Waals surface area contributed by atoms with E-state index in [4.69, 9.17) is 4.74 Å². The van der Waals surface area contributed by atoms with Gasteiger partial charge in [0.2, 0.25) is 5.91 Å². The maximum atomic E-state index is 12.8. The van der Waals surface area contributed by atoms with Crippen molar-refractivity contribution < 1.29 is 13.7 Å². The lowest BCUT2D eigenvalue weighted by atomic mass is 10.0. The number of methoxy groups -OCH3 is 1. The van der Waals surface area contributed by atoms with Crippen molar-refractivity contribution in [3.63, 3.8) is 0 Å². The molecule has 0 unspecified atom stereocenters. The summed E-state index contributed by atoms with van der Waals surface area (Å²) in [7, 11) is 0.809. The molecule has 24 heavy (non-hydrogen) atoms. The minimum absolute atomic E-state index is 0.0107. The average molecular weight is 345 g/mol. The molecule has 5 heteroatoms. The second kappa shape index (κ2) is 6.93. The molecule has 4 nitrogen and oxygen atoms in total. The van der Waals surface area contributed by atoms with Crippen LogP contribution in [-0.4, -0.2) is 45.7 Å². The predicted molar refractivity (Wildman–Crippen MR) is 97.9 cm³/mol. The van der Waals surface area contributed by atoms with Gasteiger partial charge in [0, 0.05) is 29.1 Å². The van der Waals surface area contributed by atoms with Crippen LogP contribution in [0.4, 0.5) is 0 Å². The molecule has 3 rings (SSSR count). The molecule has 1 fully saturated rings. The van der Waals surface area contributed by atoms with Crippen LogP contribution in [0.3, 0.4) is 0 Å². The number of fused-ring (bicyclic) bond motifs is 1. The summed E-state index contributed by atoms with van der Waals surface area (Å²) in [6.07, 6.45) is 0.355. The molecule has 0 saturated carbocycles. The fourth-order valence-corrected chi connectivity index (χ4v) is 4.60. The second-order valence-electron chi connectivity index (χ2n) is 6.30. The first-order valence-corrected chi connectivity index (χ1v) is 9.61. The summed E-state index contributed by atoms with van der Waals surface area (Å²) < 4.78 is 17.2. The first kappa shape index (κ1) is 17.0. The molecule has 1 aliphatic rings. The molecule has 1 aliphatic heterocycles. The van der Waals surface area contributed by atoms with Crippen LogP contribution in [0.1, 0.15) is 19.4 Å². The van der Waals surface area contributed by atoms with Crippen LogP contribution in [0.25, 0.3) is 10.8 Å². The van der Waals surface area contributed by atoms with Gasteiger partial charge in [-0.15, -0.1) is 0 Å². The van der Waals surface area contributed by atoms with Crippen LogP contribution >= 0.6 is 0 Å². The van der Waals surface area contributed by atoms with Gasteiger partial charge < -0.3 is 9.64 Å². The highest BCUT2D eigenvalue weighted by Gasteiger charge is 2.32. The lowest BCUT2D eigenvalue weighted by molar-refractivity contribution is -0.132. The highest BCUT2D eigenvalue weighted by molar-refractivity contribution is 7.85. The number of nitrogens with zero attached hydrogens (tertiary/aromatic N) is 1. The van der Waals surface area contributed by atoms with E-state index in [-0.39, 0.29) is 17.2 Å². The Labute approximate surface area is 145 Å². The van der Waals surface area contributed by atoms with Crippen LogP contribution < -0.4 is 4.74 Å². The first-order valence-electron chi connectivity index (χ1n) is 8.23. The summed E-state index contributed by atoms with van der Waals surface area (Å²) in [6, 6.07) is 11.9. The number of carbonyl (C=O) groups excluding carboxylic acids is 1. The molecule has 1 heterocycles. The minimum Gasteiger partial charge on any atom is -0.497 e. The van der Waals surface area contributed by atoms with E-state index in [1.807, 2.05) is 55.1 Å². The molecule has 1 saturated heterocycles. The van der Waals surface area contributed by atoms with Gasteiger partial charge in [-0.25, -0.2) is 0 Å². The van der Waals surface area contributed by atoms with Gasteiger partial charge >= 0.3 is 0 Å². The standard InChI is InChI=1S/C19H23NO3S/c1-13-14(2)24(22)10-9-20(13)19(21)11-16-6-4-5-15-7-8-17(23-3)12-18(15)16/h4-8,12-14H,9-11H2,1-3H3/t13-,14-,24+/m0/s1. The van der Waals surface area contributed by atoms with Crippen LogP contribution in [0.15, 0.2) is 36.4 Å². The third-order valence-corrected chi connectivity index (χ3v) is 6.77. The molecule has 1 amide bonds. The van der Waals surface area contributed by atoms with E-state index in [0.29, 0.717) is 18.7 Å². The van der Waals surface area contributed by atoms with Crippen molar-refractivity contribution in [1.82, 2.24) is 4.90 Å². The Morgan fingerprint density at radius 3 is 2.83 bits per heavy atom. The van der Waals surface area contributed by atoms with Crippen LogP contribution in [-0.2, 0) is 22.0 Å². The number of ether oxygens (including phenoxy) is 1. The summed E-state index contributed by atoms with van der Waals surface area (Å²) in [5.74, 6) is 1.46. The third kappa shape index (κ3) is 3.18. The van der Waals surface area contributed by atoms with Gasteiger partial charge in [0.1, 0.15) is 5.75 Å². The summed E-state index contributed by atoms with van der Waals surface area (Å²) in [4.78, 5) is 14.7. The van der Waals surface area contributed by atoms with Crippen molar-refractivity contribution >= 4 is 27.5 Å². The Morgan fingerprint density at radius 1 is 1.29 bits per heavy atom. The maximum Gasteiger partial charge on any atom is 0.227 e. The van der Waals surface area contributed by atoms with E-state index in [0.717, 1.165) is 22.1 Å². The zero-order chi connectivity index (χ0) is 17.3. The minimum atomic E-state index is -0.836. The van der Waals surface area contributed by atoms with E-state index >= 15 is 0 Å². The number of hydrogen-bond acceptors (Lipinski definition) is 3. The van der Waals surface area contributed by atoms with Crippen LogP contribution in [0.5, 0.6) is 5.75 Å². The van der Waals surface area contributed by atoms with Crippen molar-refractivity contribution in [1.29, 1.82) is 0 Å². The SMILES string of the molecule is COc1ccc2cccc(CC(=O)N3CC[S@@](=O)[C@@H](C)[C@@H]3C)c2c1. The van der Waals surface area contributed by atoms with Gasteiger partial charge in [-0.2, -0.15) is 0 Å². The third-order valence-electron chi connectivity index (χ3n) is 4.96. The largest absolute Gasteiger partial charge is 0.497 e. The zero-order valence-corrected chi connectivity index (χ0v) is 15.1. The van der Waals surface area contributed by atoms with E-state index in [2.05, 4.69) is 0 Å². The molecule has 2 aromatic carbocycles. The highest BCUT2D eigenvalue weighted by atomic mass is 32.2. The first-order chi connectivity index (χ1) is 11.5.